The first-order chi connectivity index (χ1) is 9.72. The first-order valence-electron chi connectivity index (χ1n) is 7.10. The van der Waals surface area contributed by atoms with Crippen LogP contribution in [0.15, 0.2) is 48.5 Å². The minimum atomic E-state index is -1.01. The Balaban J connectivity index is 2.01. The normalized spacial score (nSPS) is 30.0. The Hall–Kier alpha value is -2.04. The fourth-order valence-electron chi connectivity index (χ4n) is 3.94. The Morgan fingerprint density at radius 2 is 1.20 bits per heavy atom. The molecular weight excluding hydrogens is 244 g/mol. The van der Waals surface area contributed by atoms with E-state index in [-0.39, 0.29) is 11.8 Å². The molecule has 20 heavy (non-hydrogen) atoms. The van der Waals surface area contributed by atoms with Crippen LogP contribution in [0.3, 0.4) is 0 Å². The topological polar surface area (TPSA) is 20.2 Å². The molecule has 0 aliphatic heterocycles. The molecule has 0 spiro atoms. The average molecular weight is 260 g/mol. The van der Waals surface area contributed by atoms with Gasteiger partial charge in [0.1, 0.15) is 5.60 Å². The second-order valence-corrected chi connectivity index (χ2v) is 5.95. The standard InChI is InChI=1S/C19H16O/c1-2-19(20)11-17-13-7-3-4-8-14(13)18(12-19)16-10-6-5-9-15(16)17/h1,3-10,17-18,20H,11-12H2. The summed E-state index contributed by atoms with van der Waals surface area (Å²) in [6.45, 7) is 0. The second kappa shape index (κ2) is 3.98. The lowest BCUT2D eigenvalue weighted by Gasteiger charge is -2.30. The van der Waals surface area contributed by atoms with Gasteiger partial charge < -0.3 is 5.11 Å². The molecule has 0 aromatic heterocycles. The van der Waals surface area contributed by atoms with Crippen molar-refractivity contribution < 1.29 is 5.11 Å². The number of benzene rings is 2. The van der Waals surface area contributed by atoms with Crippen molar-refractivity contribution in [1.82, 2.24) is 0 Å². The fraction of sp³-hybridized carbons (Fsp3) is 0.263. The summed E-state index contributed by atoms with van der Waals surface area (Å²) in [5, 5.41) is 10.7. The lowest BCUT2D eigenvalue weighted by Crippen LogP contribution is -2.27. The van der Waals surface area contributed by atoms with E-state index in [9.17, 15) is 5.11 Å². The molecule has 3 aliphatic rings. The molecule has 0 radical (unpaired) electrons. The zero-order valence-corrected chi connectivity index (χ0v) is 11.2. The second-order valence-electron chi connectivity index (χ2n) is 5.95. The quantitative estimate of drug-likeness (QED) is 0.720. The monoisotopic (exact) mass is 260 g/mol. The van der Waals surface area contributed by atoms with E-state index < -0.39 is 5.60 Å². The van der Waals surface area contributed by atoms with Gasteiger partial charge in [-0.25, -0.2) is 0 Å². The summed E-state index contributed by atoms with van der Waals surface area (Å²) in [7, 11) is 0. The third kappa shape index (κ3) is 1.49. The van der Waals surface area contributed by atoms with E-state index in [1.807, 2.05) is 0 Å². The fourth-order valence-corrected chi connectivity index (χ4v) is 3.94. The predicted molar refractivity (Wildman–Crippen MR) is 79.6 cm³/mol. The van der Waals surface area contributed by atoms with E-state index in [0.29, 0.717) is 12.8 Å². The van der Waals surface area contributed by atoms with Crippen LogP contribution in [-0.2, 0) is 0 Å². The van der Waals surface area contributed by atoms with Crippen molar-refractivity contribution >= 4 is 0 Å². The van der Waals surface area contributed by atoms with Gasteiger partial charge >= 0.3 is 0 Å². The zero-order valence-electron chi connectivity index (χ0n) is 11.2. The molecule has 1 N–H and O–H groups in total. The van der Waals surface area contributed by atoms with Crippen LogP contribution in [0.2, 0.25) is 0 Å². The Labute approximate surface area is 119 Å². The highest BCUT2D eigenvalue weighted by atomic mass is 16.3. The third-order valence-corrected chi connectivity index (χ3v) is 4.85. The van der Waals surface area contributed by atoms with E-state index in [4.69, 9.17) is 6.42 Å². The lowest BCUT2D eigenvalue weighted by molar-refractivity contribution is 0.0807. The molecule has 2 bridgehead atoms. The minimum Gasteiger partial charge on any atom is -0.378 e. The highest BCUT2D eigenvalue weighted by Crippen LogP contribution is 2.52. The summed E-state index contributed by atoms with van der Waals surface area (Å²) >= 11 is 0. The van der Waals surface area contributed by atoms with E-state index in [1.165, 1.54) is 22.3 Å². The number of hydrogen-bond donors (Lipinski definition) is 1. The van der Waals surface area contributed by atoms with Crippen LogP contribution in [0, 0.1) is 12.3 Å². The molecule has 1 heteroatoms. The first kappa shape index (κ1) is 11.8. The Morgan fingerprint density at radius 3 is 1.50 bits per heavy atom. The predicted octanol–water partition coefficient (Wildman–Crippen LogP) is 3.42. The van der Waals surface area contributed by atoms with Crippen molar-refractivity contribution in [3.63, 3.8) is 0 Å². The molecule has 0 unspecified atom stereocenters. The summed E-state index contributed by atoms with van der Waals surface area (Å²) in [5.74, 6) is 3.07. The van der Waals surface area contributed by atoms with Gasteiger partial charge in [0.2, 0.25) is 0 Å². The third-order valence-electron chi connectivity index (χ3n) is 4.85. The van der Waals surface area contributed by atoms with E-state index in [0.717, 1.165) is 0 Å². The molecule has 2 aromatic carbocycles. The van der Waals surface area contributed by atoms with Crippen molar-refractivity contribution in [2.75, 3.05) is 0 Å². The average Bonchev–Trinajstić information content (AvgIpc) is 2.72. The van der Waals surface area contributed by atoms with Gasteiger partial charge in [-0.3, -0.25) is 0 Å². The van der Waals surface area contributed by atoms with Gasteiger partial charge in [-0.15, -0.1) is 6.42 Å². The molecular formula is C19H16O. The molecule has 0 fully saturated rings. The summed E-state index contributed by atoms with van der Waals surface area (Å²) in [6.07, 6.45) is 6.87. The summed E-state index contributed by atoms with van der Waals surface area (Å²) in [5.41, 5.74) is 4.34. The van der Waals surface area contributed by atoms with Crippen molar-refractivity contribution in [2.24, 2.45) is 0 Å². The van der Waals surface area contributed by atoms with Crippen molar-refractivity contribution in [3.05, 3.63) is 70.8 Å². The number of fused-ring (bicyclic) bond motifs is 2. The van der Waals surface area contributed by atoms with Gasteiger partial charge in [-0.05, 0) is 35.1 Å². The van der Waals surface area contributed by atoms with Crippen molar-refractivity contribution in [3.8, 4) is 12.3 Å². The van der Waals surface area contributed by atoms with Crippen LogP contribution in [0.4, 0.5) is 0 Å². The van der Waals surface area contributed by atoms with E-state index >= 15 is 0 Å². The highest BCUT2D eigenvalue weighted by Gasteiger charge is 2.44. The van der Waals surface area contributed by atoms with Gasteiger partial charge in [-0.1, -0.05) is 54.5 Å². The Morgan fingerprint density at radius 1 is 0.850 bits per heavy atom. The van der Waals surface area contributed by atoms with Crippen LogP contribution < -0.4 is 0 Å². The van der Waals surface area contributed by atoms with Crippen LogP contribution in [0.5, 0.6) is 0 Å². The van der Waals surface area contributed by atoms with Gasteiger partial charge in [0.15, 0.2) is 0 Å². The van der Waals surface area contributed by atoms with Gasteiger partial charge in [0.25, 0.3) is 0 Å². The molecule has 0 atom stereocenters. The number of hydrogen-bond acceptors (Lipinski definition) is 1. The molecule has 0 heterocycles. The molecule has 3 aliphatic carbocycles. The van der Waals surface area contributed by atoms with Crippen molar-refractivity contribution in [1.29, 1.82) is 0 Å². The number of terminal acetylenes is 1. The molecule has 0 saturated heterocycles. The van der Waals surface area contributed by atoms with Crippen LogP contribution in [0.1, 0.15) is 46.9 Å². The summed E-state index contributed by atoms with van der Waals surface area (Å²) in [6, 6.07) is 17.1. The van der Waals surface area contributed by atoms with E-state index in [1.54, 1.807) is 0 Å². The molecule has 2 aromatic rings. The highest BCUT2D eigenvalue weighted by molar-refractivity contribution is 5.55. The smallest absolute Gasteiger partial charge is 0.127 e. The zero-order chi connectivity index (χ0) is 13.7. The molecule has 0 saturated carbocycles. The number of aliphatic hydroxyl groups is 1. The minimum absolute atomic E-state index is 0.210. The van der Waals surface area contributed by atoms with E-state index in [2.05, 4.69) is 54.5 Å². The van der Waals surface area contributed by atoms with Crippen molar-refractivity contribution in [2.45, 2.75) is 30.3 Å². The Kier molecular flexibility index (Phi) is 2.34. The molecule has 98 valence electrons. The molecule has 0 amide bonds. The van der Waals surface area contributed by atoms with Crippen LogP contribution >= 0.6 is 0 Å². The maximum Gasteiger partial charge on any atom is 0.127 e. The number of rotatable bonds is 0. The van der Waals surface area contributed by atoms with Crippen LogP contribution in [0.25, 0.3) is 0 Å². The first-order valence-corrected chi connectivity index (χ1v) is 7.10. The van der Waals surface area contributed by atoms with Gasteiger partial charge in [0.05, 0.1) is 0 Å². The largest absolute Gasteiger partial charge is 0.378 e. The maximum absolute atomic E-state index is 10.7. The summed E-state index contributed by atoms with van der Waals surface area (Å²) < 4.78 is 0. The Bertz CT molecular complexity index is 623. The van der Waals surface area contributed by atoms with Gasteiger partial charge in [0, 0.05) is 11.8 Å². The molecule has 5 rings (SSSR count). The lowest BCUT2D eigenvalue weighted by atomic mass is 9.74. The maximum atomic E-state index is 10.7. The summed E-state index contributed by atoms with van der Waals surface area (Å²) in [4.78, 5) is 0. The molecule has 1 nitrogen and oxygen atoms in total. The van der Waals surface area contributed by atoms with Crippen LogP contribution in [-0.4, -0.2) is 10.7 Å². The SMILES string of the molecule is C#CC1(O)CC2c3ccccc3C(C1)c1ccccc12. The van der Waals surface area contributed by atoms with Gasteiger partial charge in [-0.2, -0.15) is 0 Å².